The van der Waals surface area contributed by atoms with E-state index >= 15 is 0 Å². The monoisotopic (exact) mass is 329 g/mol. The summed E-state index contributed by atoms with van der Waals surface area (Å²) in [7, 11) is 0. The second-order valence-electron chi connectivity index (χ2n) is 5.02. The number of amides is 1. The molecule has 1 aromatic rings. The number of ether oxygens (including phenoxy) is 1. The number of rotatable bonds is 6. The van der Waals surface area contributed by atoms with Crippen molar-refractivity contribution in [3.63, 3.8) is 0 Å². The van der Waals surface area contributed by atoms with E-state index < -0.39 is 30.2 Å². The first-order valence-corrected chi connectivity index (χ1v) is 6.91. The minimum Gasteiger partial charge on any atom is -0.452 e. The minimum absolute atomic E-state index is 0.0475. The van der Waals surface area contributed by atoms with E-state index in [1.807, 2.05) is 0 Å². The van der Waals surface area contributed by atoms with Crippen molar-refractivity contribution in [2.24, 2.45) is 0 Å². The van der Waals surface area contributed by atoms with E-state index in [9.17, 15) is 22.8 Å². The Labute approximate surface area is 132 Å². The van der Waals surface area contributed by atoms with Crippen molar-refractivity contribution in [1.29, 1.82) is 0 Å². The van der Waals surface area contributed by atoms with Crippen molar-refractivity contribution in [3.05, 3.63) is 47.5 Å². The van der Waals surface area contributed by atoms with E-state index in [2.05, 4.69) is 6.58 Å². The summed E-state index contributed by atoms with van der Waals surface area (Å²) in [5, 5.41) is 0. The number of esters is 1. The van der Waals surface area contributed by atoms with Crippen LogP contribution in [-0.4, -0.2) is 36.5 Å². The van der Waals surface area contributed by atoms with E-state index in [4.69, 9.17) is 4.74 Å². The molecular weight excluding hydrogens is 311 g/mol. The first kappa shape index (κ1) is 18.7. The van der Waals surface area contributed by atoms with Crippen LogP contribution in [0.4, 0.5) is 13.2 Å². The van der Waals surface area contributed by atoms with Crippen LogP contribution < -0.4 is 0 Å². The standard InChI is InChI=1S/C16H18F3NO3/c1-4-20(9-11(2)3)14(21)10-23-15(22)12-5-7-13(8-6-12)16(17,18)19/h5-8H,2,4,9-10H2,1,3H3. The highest BCUT2D eigenvalue weighted by Gasteiger charge is 2.30. The third-order valence-corrected chi connectivity index (χ3v) is 2.97. The lowest BCUT2D eigenvalue weighted by Crippen LogP contribution is -2.35. The predicted octanol–water partition coefficient (Wildman–Crippen LogP) is 3.29. The topological polar surface area (TPSA) is 46.6 Å². The summed E-state index contributed by atoms with van der Waals surface area (Å²) in [5.74, 6) is -1.24. The molecule has 0 spiro atoms. The molecule has 0 fully saturated rings. The third kappa shape index (κ3) is 5.77. The summed E-state index contributed by atoms with van der Waals surface area (Å²) in [6.07, 6.45) is -4.47. The van der Waals surface area contributed by atoms with Gasteiger partial charge in [0.25, 0.3) is 5.91 Å². The highest BCUT2D eigenvalue weighted by atomic mass is 19.4. The van der Waals surface area contributed by atoms with Gasteiger partial charge >= 0.3 is 12.1 Å². The normalized spacial score (nSPS) is 11.0. The Balaban J connectivity index is 2.63. The van der Waals surface area contributed by atoms with Gasteiger partial charge in [-0.3, -0.25) is 4.79 Å². The molecule has 0 saturated heterocycles. The van der Waals surface area contributed by atoms with Crippen molar-refractivity contribution in [2.45, 2.75) is 20.0 Å². The third-order valence-electron chi connectivity index (χ3n) is 2.97. The molecule has 4 nitrogen and oxygen atoms in total. The van der Waals surface area contributed by atoms with Crippen molar-refractivity contribution in [2.75, 3.05) is 19.7 Å². The van der Waals surface area contributed by atoms with E-state index in [1.165, 1.54) is 4.90 Å². The smallest absolute Gasteiger partial charge is 0.416 e. The Morgan fingerprint density at radius 1 is 1.22 bits per heavy atom. The maximum absolute atomic E-state index is 12.4. The molecule has 0 heterocycles. The number of hydrogen-bond donors (Lipinski definition) is 0. The zero-order valence-electron chi connectivity index (χ0n) is 12.9. The average Bonchev–Trinajstić information content (AvgIpc) is 2.49. The van der Waals surface area contributed by atoms with Gasteiger partial charge in [-0.2, -0.15) is 13.2 Å². The Morgan fingerprint density at radius 2 is 1.78 bits per heavy atom. The first-order chi connectivity index (χ1) is 10.6. The molecule has 126 valence electrons. The van der Waals surface area contributed by atoms with Gasteiger partial charge in [0, 0.05) is 13.1 Å². The molecule has 0 aliphatic carbocycles. The summed E-state index contributed by atoms with van der Waals surface area (Å²) in [4.78, 5) is 25.1. The van der Waals surface area contributed by atoms with E-state index in [1.54, 1.807) is 13.8 Å². The summed E-state index contributed by atoms with van der Waals surface area (Å²) < 4.78 is 42.1. The molecule has 0 aliphatic heterocycles. The van der Waals surface area contributed by atoms with E-state index in [0.717, 1.165) is 29.8 Å². The van der Waals surface area contributed by atoms with Gasteiger partial charge in [0.15, 0.2) is 6.61 Å². The van der Waals surface area contributed by atoms with E-state index in [-0.39, 0.29) is 5.56 Å². The number of alkyl halides is 3. The van der Waals surface area contributed by atoms with Crippen LogP contribution in [0, 0.1) is 0 Å². The lowest BCUT2D eigenvalue weighted by atomic mass is 10.1. The molecule has 0 radical (unpaired) electrons. The number of benzene rings is 1. The number of nitrogens with zero attached hydrogens (tertiary/aromatic N) is 1. The van der Waals surface area contributed by atoms with Crippen LogP contribution in [0.25, 0.3) is 0 Å². The van der Waals surface area contributed by atoms with Crippen molar-refractivity contribution < 1.29 is 27.5 Å². The van der Waals surface area contributed by atoms with Gasteiger partial charge < -0.3 is 9.64 Å². The van der Waals surface area contributed by atoms with Gasteiger partial charge in [-0.15, -0.1) is 0 Å². The van der Waals surface area contributed by atoms with Crippen LogP contribution in [0.5, 0.6) is 0 Å². The van der Waals surface area contributed by atoms with Gasteiger partial charge in [0.05, 0.1) is 11.1 Å². The molecule has 0 unspecified atom stereocenters. The summed E-state index contributed by atoms with van der Waals surface area (Å²) in [5.41, 5.74) is -0.119. The number of halogens is 3. The number of carbonyl (C=O) groups is 2. The molecule has 0 bridgehead atoms. The van der Waals surface area contributed by atoms with Gasteiger partial charge in [-0.1, -0.05) is 12.2 Å². The molecule has 0 saturated carbocycles. The summed E-state index contributed by atoms with van der Waals surface area (Å²) in [6, 6.07) is 3.61. The molecule has 1 aromatic carbocycles. The fraction of sp³-hybridized carbons (Fsp3) is 0.375. The minimum atomic E-state index is -4.47. The zero-order valence-corrected chi connectivity index (χ0v) is 12.9. The van der Waals surface area contributed by atoms with Gasteiger partial charge in [-0.25, -0.2) is 4.79 Å². The van der Waals surface area contributed by atoms with Crippen molar-refractivity contribution >= 4 is 11.9 Å². The fourth-order valence-corrected chi connectivity index (χ4v) is 1.80. The summed E-state index contributed by atoms with van der Waals surface area (Å²) in [6.45, 7) is 7.56. The lowest BCUT2D eigenvalue weighted by molar-refractivity contribution is -0.137. The fourth-order valence-electron chi connectivity index (χ4n) is 1.80. The van der Waals surface area contributed by atoms with Crippen LogP contribution in [-0.2, 0) is 15.7 Å². The van der Waals surface area contributed by atoms with Gasteiger partial charge in [-0.05, 0) is 38.1 Å². The Kier molecular flexibility index (Phi) is 6.36. The molecule has 0 N–H and O–H groups in total. The predicted molar refractivity (Wildman–Crippen MR) is 78.8 cm³/mol. The molecular formula is C16H18F3NO3. The van der Waals surface area contributed by atoms with Crippen molar-refractivity contribution in [1.82, 2.24) is 4.90 Å². The first-order valence-electron chi connectivity index (χ1n) is 6.91. The highest BCUT2D eigenvalue weighted by molar-refractivity contribution is 5.91. The number of hydrogen-bond acceptors (Lipinski definition) is 3. The molecule has 7 heteroatoms. The Bertz CT molecular complexity index is 579. The molecule has 0 aliphatic rings. The molecule has 23 heavy (non-hydrogen) atoms. The lowest BCUT2D eigenvalue weighted by Gasteiger charge is -2.20. The maximum atomic E-state index is 12.4. The quantitative estimate of drug-likeness (QED) is 0.594. The highest BCUT2D eigenvalue weighted by Crippen LogP contribution is 2.29. The van der Waals surface area contributed by atoms with Crippen molar-refractivity contribution in [3.8, 4) is 0 Å². The largest absolute Gasteiger partial charge is 0.452 e. The zero-order chi connectivity index (χ0) is 17.6. The Hall–Kier alpha value is -2.31. The molecule has 0 atom stereocenters. The Morgan fingerprint density at radius 3 is 2.22 bits per heavy atom. The number of likely N-dealkylation sites (N-methyl/N-ethyl adjacent to an activating group) is 1. The van der Waals surface area contributed by atoms with E-state index in [0.29, 0.717) is 13.1 Å². The van der Waals surface area contributed by atoms with Gasteiger partial charge in [0.2, 0.25) is 0 Å². The maximum Gasteiger partial charge on any atom is 0.416 e. The molecule has 0 aromatic heterocycles. The van der Waals surface area contributed by atoms with Crippen LogP contribution in [0.2, 0.25) is 0 Å². The second-order valence-corrected chi connectivity index (χ2v) is 5.02. The molecule has 1 amide bonds. The number of carbonyl (C=O) groups excluding carboxylic acids is 2. The SMILES string of the molecule is C=C(C)CN(CC)C(=O)COC(=O)c1ccc(C(F)(F)F)cc1. The summed E-state index contributed by atoms with van der Waals surface area (Å²) >= 11 is 0. The van der Waals surface area contributed by atoms with Crippen LogP contribution >= 0.6 is 0 Å². The second kappa shape index (κ2) is 7.80. The van der Waals surface area contributed by atoms with Crippen LogP contribution in [0.1, 0.15) is 29.8 Å². The van der Waals surface area contributed by atoms with Gasteiger partial charge in [0.1, 0.15) is 0 Å². The molecule has 1 rings (SSSR count). The van der Waals surface area contributed by atoms with Crippen LogP contribution in [0.15, 0.2) is 36.4 Å². The average molecular weight is 329 g/mol. The van der Waals surface area contributed by atoms with Crippen LogP contribution in [0.3, 0.4) is 0 Å².